The van der Waals surface area contributed by atoms with Crippen LogP contribution in [-0.4, -0.2) is 12.3 Å². The third-order valence-electron chi connectivity index (χ3n) is 3.87. The van der Waals surface area contributed by atoms with Crippen LogP contribution in [0.25, 0.3) is 0 Å². The largest absolute Gasteiger partial charge is 0.394 e. The van der Waals surface area contributed by atoms with Crippen molar-refractivity contribution < 1.29 is 17.6 Å². The van der Waals surface area contributed by atoms with Crippen LogP contribution in [0, 0.1) is 12.8 Å². The van der Waals surface area contributed by atoms with E-state index < -0.39 is 18.3 Å². The van der Waals surface area contributed by atoms with E-state index in [1.807, 2.05) is 6.92 Å². The van der Waals surface area contributed by atoms with E-state index >= 15 is 0 Å². The lowest BCUT2D eigenvalue weighted by molar-refractivity contribution is -0.199. The highest BCUT2D eigenvalue weighted by atomic mass is 35.5. The van der Waals surface area contributed by atoms with Crippen LogP contribution in [0.2, 0.25) is 5.02 Å². The summed E-state index contributed by atoms with van der Waals surface area (Å²) in [5.74, 6) is -2.12. The average molecular weight is 295 g/mol. The Balaban J connectivity index is 2.25. The van der Waals surface area contributed by atoms with Crippen molar-refractivity contribution >= 4 is 11.6 Å². The van der Waals surface area contributed by atoms with Crippen LogP contribution < -0.4 is 0 Å². The number of benzene rings is 1. The van der Waals surface area contributed by atoms with Crippen LogP contribution >= 0.6 is 11.6 Å². The van der Waals surface area contributed by atoms with Crippen molar-refractivity contribution in [2.24, 2.45) is 5.92 Å². The topological polar surface area (TPSA) is 0 Å². The molecule has 0 amide bonds. The van der Waals surface area contributed by atoms with E-state index in [4.69, 9.17) is 11.6 Å². The standard InChI is InChI=1S/C14H15ClF4/c1-8-2-4-10(15)7-11(8)9-3-5-13(16)12(6-9)14(17,18)19/h2,4,7,9,12-13H,3,5-6H2,1H3. The summed E-state index contributed by atoms with van der Waals surface area (Å²) >= 11 is 5.89. The molecule has 3 unspecified atom stereocenters. The highest BCUT2D eigenvalue weighted by Gasteiger charge is 2.48. The minimum absolute atomic E-state index is 0.0409. The van der Waals surface area contributed by atoms with E-state index in [-0.39, 0.29) is 18.8 Å². The first-order valence-corrected chi connectivity index (χ1v) is 6.63. The second-order valence-electron chi connectivity index (χ2n) is 5.17. The van der Waals surface area contributed by atoms with Gasteiger partial charge in [0.25, 0.3) is 0 Å². The number of rotatable bonds is 1. The minimum atomic E-state index is -4.47. The molecule has 1 fully saturated rings. The molecule has 1 aliphatic rings. The Labute approximate surface area is 114 Å². The van der Waals surface area contributed by atoms with Crippen LogP contribution in [0.1, 0.15) is 36.3 Å². The van der Waals surface area contributed by atoms with Gasteiger partial charge in [-0.3, -0.25) is 0 Å². The fourth-order valence-electron chi connectivity index (χ4n) is 2.81. The fourth-order valence-corrected chi connectivity index (χ4v) is 2.99. The summed E-state index contributed by atoms with van der Waals surface area (Å²) in [6.07, 6.45) is -6.04. The molecule has 1 saturated carbocycles. The van der Waals surface area contributed by atoms with Gasteiger partial charge in [-0.25, -0.2) is 4.39 Å². The summed E-state index contributed by atoms with van der Waals surface area (Å²) in [6.45, 7) is 1.84. The molecule has 0 bridgehead atoms. The lowest BCUT2D eigenvalue weighted by Crippen LogP contribution is -2.36. The molecule has 0 nitrogen and oxygen atoms in total. The number of alkyl halides is 4. The van der Waals surface area contributed by atoms with Gasteiger partial charge in [-0.1, -0.05) is 17.7 Å². The molecular weight excluding hydrogens is 280 g/mol. The number of halogens is 5. The van der Waals surface area contributed by atoms with Crippen molar-refractivity contribution in [3.8, 4) is 0 Å². The Morgan fingerprint density at radius 1 is 1.21 bits per heavy atom. The molecule has 19 heavy (non-hydrogen) atoms. The van der Waals surface area contributed by atoms with E-state index in [0.29, 0.717) is 11.4 Å². The van der Waals surface area contributed by atoms with Gasteiger partial charge in [0.2, 0.25) is 0 Å². The molecule has 0 saturated heterocycles. The molecule has 5 heteroatoms. The van der Waals surface area contributed by atoms with Gasteiger partial charge in [-0.15, -0.1) is 0 Å². The molecular formula is C14H15ClF4. The molecule has 1 aliphatic carbocycles. The highest BCUT2D eigenvalue weighted by molar-refractivity contribution is 6.30. The number of hydrogen-bond donors (Lipinski definition) is 0. The van der Waals surface area contributed by atoms with E-state index in [2.05, 4.69) is 0 Å². The molecule has 0 aliphatic heterocycles. The Hall–Kier alpha value is -0.770. The van der Waals surface area contributed by atoms with E-state index in [1.165, 1.54) is 0 Å². The van der Waals surface area contributed by atoms with Crippen LogP contribution in [0.3, 0.4) is 0 Å². The molecule has 0 aromatic heterocycles. The van der Waals surface area contributed by atoms with Crippen LogP contribution in [-0.2, 0) is 0 Å². The van der Waals surface area contributed by atoms with Crippen molar-refractivity contribution in [3.05, 3.63) is 34.3 Å². The maximum atomic E-state index is 13.5. The smallest absolute Gasteiger partial charge is 0.247 e. The molecule has 2 rings (SSSR count). The van der Waals surface area contributed by atoms with Gasteiger partial charge in [0.1, 0.15) is 6.17 Å². The molecule has 3 atom stereocenters. The summed E-state index contributed by atoms with van der Waals surface area (Å²) in [4.78, 5) is 0. The molecule has 0 spiro atoms. The van der Waals surface area contributed by atoms with Gasteiger partial charge in [0, 0.05) is 5.02 Å². The second kappa shape index (κ2) is 5.31. The van der Waals surface area contributed by atoms with Crippen LogP contribution in [0.5, 0.6) is 0 Å². The lowest BCUT2D eigenvalue weighted by Gasteiger charge is -2.34. The second-order valence-corrected chi connectivity index (χ2v) is 5.61. The van der Waals surface area contributed by atoms with E-state index in [9.17, 15) is 17.6 Å². The monoisotopic (exact) mass is 294 g/mol. The van der Waals surface area contributed by atoms with Crippen molar-refractivity contribution in [1.82, 2.24) is 0 Å². The number of aryl methyl sites for hydroxylation is 1. The zero-order valence-electron chi connectivity index (χ0n) is 10.5. The fraction of sp³-hybridized carbons (Fsp3) is 0.571. The Morgan fingerprint density at radius 3 is 2.53 bits per heavy atom. The molecule has 106 valence electrons. The maximum Gasteiger partial charge on any atom is 0.394 e. The predicted molar refractivity (Wildman–Crippen MR) is 67.2 cm³/mol. The van der Waals surface area contributed by atoms with Gasteiger partial charge in [0.05, 0.1) is 5.92 Å². The van der Waals surface area contributed by atoms with Gasteiger partial charge in [0.15, 0.2) is 0 Å². The van der Waals surface area contributed by atoms with Gasteiger partial charge >= 0.3 is 6.18 Å². The maximum absolute atomic E-state index is 13.5. The van der Waals surface area contributed by atoms with Crippen molar-refractivity contribution in [2.45, 2.75) is 44.5 Å². The summed E-state index contributed by atoms with van der Waals surface area (Å²) in [6, 6.07) is 5.21. The summed E-state index contributed by atoms with van der Waals surface area (Å²) < 4.78 is 51.9. The lowest BCUT2D eigenvalue weighted by atomic mass is 9.75. The van der Waals surface area contributed by atoms with Gasteiger partial charge in [-0.2, -0.15) is 13.2 Å². The summed E-state index contributed by atoms with van der Waals surface area (Å²) in [5.41, 5.74) is 1.72. The normalized spacial score (nSPS) is 28.4. The summed E-state index contributed by atoms with van der Waals surface area (Å²) in [5, 5.41) is 0.506. The zero-order chi connectivity index (χ0) is 14.2. The SMILES string of the molecule is Cc1ccc(Cl)cc1C1CCC(F)C(C(F)(F)F)C1. The van der Waals surface area contributed by atoms with E-state index in [0.717, 1.165) is 11.1 Å². The molecule has 0 N–H and O–H groups in total. The summed E-state index contributed by atoms with van der Waals surface area (Å²) in [7, 11) is 0. The van der Waals surface area contributed by atoms with Gasteiger partial charge < -0.3 is 0 Å². The number of hydrogen-bond acceptors (Lipinski definition) is 0. The molecule has 1 aromatic carbocycles. The van der Waals surface area contributed by atoms with Gasteiger partial charge in [-0.05, 0) is 55.4 Å². The Bertz CT molecular complexity index is 455. The third kappa shape index (κ3) is 3.22. The molecule has 1 aromatic rings. The zero-order valence-corrected chi connectivity index (χ0v) is 11.2. The quantitative estimate of drug-likeness (QED) is 0.606. The van der Waals surface area contributed by atoms with Crippen LogP contribution in [0.4, 0.5) is 17.6 Å². The molecule has 0 heterocycles. The van der Waals surface area contributed by atoms with E-state index in [1.54, 1.807) is 18.2 Å². The minimum Gasteiger partial charge on any atom is -0.247 e. The Morgan fingerprint density at radius 2 is 1.89 bits per heavy atom. The third-order valence-corrected chi connectivity index (χ3v) is 4.10. The van der Waals surface area contributed by atoms with Crippen LogP contribution in [0.15, 0.2) is 18.2 Å². The first kappa shape index (κ1) is 14.6. The first-order chi connectivity index (χ1) is 8.79. The highest BCUT2D eigenvalue weighted by Crippen LogP contribution is 2.45. The predicted octanol–water partition coefficient (Wildman–Crippen LogP) is 5.43. The molecule has 0 radical (unpaired) electrons. The van der Waals surface area contributed by atoms with Crippen molar-refractivity contribution in [3.63, 3.8) is 0 Å². The first-order valence-electron chi connectivity index (χ1n) is 6.26. The van der Waals surface area contributed by atoms with Crippen molar-refractivity contribution in [1.29, 1.82) is 0 Å². The van der Waals surface area contributed by atoms with Crippen molar-refractivity contribution in [2.75, 3.05) is 0 Å². The Kier molecular flexibility index (Phi) is 4.09. The average Bonchev–Trinajstić information content (AvgIpc) is 2.31.